The number of aromatic nitrogens is 3. The van der Waals surface area contributed by atoms with E-state index in [-0.39, 0.29) is 17.9 Å². The van der Waals surface area contributed by atoms with Crippen molar-refractivity contribution >= 4 is 40.4 Å². The van der Waals surface area contributed by atoms with Gasteiger partial charge in [-0.05, 0) is 30.3 Å². The summed E-state index contributed by atoms with van der Waals surface area (Å²) >= 11 is 12.3. The molecule has 5 rings (SSSR count). The second kappa shape index (κ2) is 9.34. The van der Waals surface area contributed by atoms with Crippen molar-refractivity contribution in [2.75, 3.05) is 43.5 Å². The normalized spacial score (nSPS) is 16.8. The van der Waals surface area contributed by atoms with Gasteiger partial charge >= 0.3 is 0 Å². The zero-order valence-corrected chi connectivity index (χ0v) is 19.7. The smallest absolute Gasteiger partial charge is 0.151 e. The van der Waals surface area contributed by atoms with E-state index in [2.05, 4.69) is 25.4 Å². The van der Waals surface area contributed by atoms with Crippen LogP contribution in [0.1, 0.15) is 16.8 Å². The van der Waals surface area contributed by atoms with Crippen molar-refractivity contribution < 1.29 is 9.47 Å². The van der Waals surface area contributed by atoms with E-state index in [0.29, 0.717) is 44.9 Å². The Morgan fingerprint density at radius 1 is 1.18 bits per heavy atom. The lowest BCUT2D eigenvalue weighted by Crippen LogP contribution is -2.73. The molecule has 0 unspecified atom stereocenters. The summed E-state index contributed by atoms with van der Waals surface area (Å²) in [7, 11) is 0. The SMILES string of the molecule is N=C(c1ccc(N2CC3(COCCN3)C2)nn1)c1cc(OCc2c(Cl)cncc2Cl)ccc1N. The molecule has 34 heavy (non-hydrogen) atoms. The highest BCUT2D eigenvalue weighted by Gasteiger charge is 2.45. The molecular formula is C23H23Cl2N7O2. The average molecular weight is 500 g/mol. The lowest BCUT2D eigenvalue weighted by molar-refractivity contribution is 0.0134. The Balaban J connectivity index is 1.27. The molecule has 2 saturated heterocycles. The van der Waals surface area contributed by atoms with E-state index in [9.17, 15) is 0 Å². The maximum atomic E-state index is 8.64. The van der Waals surface area contributed by atoms with Crippen LogP contribution in [0.25, 0.3) is 0 Å². The first-order valence-corrected chi connectivity index (χ1v) is 11.5. The number of nitrogens with one attached hydrogen (secondary N) is 2. The number of nitrogens with zero attached hydrogens (tertiary/aromatic N) is 4. The summed E-state index contributed by atoms with van der Waals surface area (Å²) in [5, 5.41) is 21.6. The third-order valence-corrected chi connectivity index (χ3v) is 6.62. The highest BCUT2D eigenvalue weighted by Crippen LogP contribution is 2.29. The highest BCUT2D eigenvalue weighted by molar-refractivity contribution is 6.35. The first-order valence-electron chi connectivity index (χ1n) is 10.8. The lowest BCUT2D eigenvalue weighted by atomic mass is 9.89. The predicted octanol–water partition coefficient (Wildman–Crippen LogP) is 2.93. The van der Waals surface area contributed by atoms with Crippen LogP contribution in [0, 0.1) is 5.41 Å². The molecule has 1 aromatic carbocycles. The largest absolute Gasteiger partial charge is 0.489 e. The minimum atomic E-state index is 0.00488. The van der Waals surface area contributed by atoms with Crippen molar-refractivity contribution in [1.82, 2.24) is 20.5 Å². The summed E-state index contributed by atoms with van der Waals surface area (Å²) in [4.78, 5) is 6.08. The number of halogens is 2. The molecule has 0 amide bonds. The number of morpholine rings is 1. The summed E-state index contributed by atoms with van der Waals surface area (Å²) in [6.07, 6.45) is 3.02. The second-order valence-corrected chi connectivity index (χ2v) is 9.20. The molecule has 9 nitrogen and oxygen atoms in total. The van der Waals surface area contributed by atoms with E-state index in [1.165, 1.54) is 12.4 Å². The molecule has 4 heterocycles. The molecule has 2 fully saturated rings. The van der Waals surface area contributed by atoms with Gasteiger partial charge in [0.1, 0.15) is 18.1 Å². The van der Waals surface area contributed by atoms with Crippen LogP contribution < -0.4 is 20.7 Å². The Labute approximate surface area is 206 Å². The number of benzene rings is 1. The standard InChI is InChI=1S/C23H23Cl2N7O2/c24-17-8-28-9-18(25)16(17)10-34-14-1-2-19(26)15(7-14)22(27)20-3-4-21(31-30-20)32-11-23(12-32)13-33-6-5-29-23/h1-4,7-9,27,29H,5-6,10-13,26H2. The van der Waals surface area contributed by atoms with Crippen molar-refractivity contribution in [2.24, 2.45) is 0 Å². The molecule has 3 aromatic rings. The number of ether oxygens (including phenoxy) is 2. The topological polar surface area (TPSA) is 122 Å². The molecule has 2 aliphatic heterocycles. The van der Waals surface area contributed by atoms with Crippen LogP contribution in [0.5, 0.6) is 5.75 Å². The molecule has 0 atom stereocenters. The fourth-order valence-electron chi connectivity index (χ4n) is 4.09. The van der Waals surface area contributed by atoms with Gasteiger partial charge in [0.2, 0.25) is 0 Å². The molecule has 1 spiro atoms. The van der Waals surface area contributed by atoms with Crippen LogP contribution in [0.2, 0.25) is 10.0 Å². The van der Waals surface area contributed by atoms with E-state index in [1.807, 2.05) is 6.07 Å². The first-order chi connectivity index (χ1) is 16.4. The number of hydrogen-bond acceptors (Lipinski definition) is 9. The van der Waals surface area contributed by atoms with Crippen LogP contribution in [0.3, 0.4) is 0 Å². The molecule has 0 saturated carbocycles. The molecule has 11 heteroatoms. The minimum Gasteiger partial charge on any atom is -0.489 e. The average Bonchev–Trinajstić information content (AvgIpc) is 2.83. The van der Waals surface area contributed by atoms with E-state index < -0.39 is 0 Å². The van der Waals surface area contributed by atoms with E-state index >= 15 is 0 Å². The zero-order chi connectivity index (χ0) is 23.7. The molecular weight excluding hydrogens is 477 g/mol. The predicted molar refractivity (Wildman–Crippen MR) is 131 cm³/mol. The van der Waals surface area contributed by atoms with Gasteiger partial charge in [0.25, 0.3) is 0 Å². The Morgan fingerprint density at radius 3 is 2.65 bits per heavy atom. The molecule has 0 radical (unpaired) electrons. The van der Waals surface area contributed by atoms with E-state index in [0.717, 1.165) is 32.1 Å². The van der Waals surface area contributed by atoms with Crippen molar-refractivity contribution in [3.8, 4) is 5.75 Å². The van der Waals surface area contributed by atoms with Gasteiger partial charge in [0.15, 0.2) is 5.82 Å². The molecule has 2 aliphatic rings. The van der Waals surface area contributed by atoms with Crippen molar-refractivity contribution in [3.05, 3.63) is 69.6 Å². The third-order valence-electron chi connectivity index (χ3n) is 5.97. The van der Waals surface area contributed by atoms with Gasteiger partial charge < -0.3 is 25.4 Å². The Hall–Kier alpha value is -2.98. The third kappa shape index (κ3) is 4.52. The van der Waals surface area contributed by atoms with Gasteiger partial charge in [-0.3, -0.25) is 10.4 Å². The number of hydrogen-bond donors (Lipinski definition) is 3. The number of nitrogen functional groups attached to an aromatic ring is 1. The van der Waals surface area contributed by atoms with Gasteiger partial charge in [-0.1, -0.05) is 23.2 Å². The monoisotopic (exact) mass is 499 g/mol. The Bertz CT molecular complexity index is 1190. The quantitative estimate of drug-likeness (QED) is 0.349. The van der Waals surface area contributed by atoms with Crippen LogP contribution in [-0.2, 0) is 11.3 Å². The molecule has 2 aromatic heterocycles. The first kappa shape index (κ1) is 22.8. The van der Waals surface area contributed by atoms with Crippen LogP contribution in [0.15, 0.2) is 42.7 Å². The summed E-state index contributed by atoms with van der Waals surface area (Å²) in [5.74, 6) is 1.29. The number of pyridine rings is 1. The van der Waals surface area contributed by atoms with Crippen molar-refractivity contribution in [3.63, 3.8) is 0 Å². The van der Waals surface area contributed by atoms with Gasteiger partial charge in [0, 0.05) is 48.8 Å². The maximum Gasteiger partial charge on any atom is 0.151 e. The Kier molecular flexibility index (Phi) is 6.26. The maximum absolute atomic E-state index is 8.64. The molecule has 4 N–H and O–H groups in total. The van der Waals surface area contributed by atoms with Gasteiger partial charge in [0.05, 0.1) is 34.5 Å². The van der Waals surface area contributed by atoms with Crippen LogP contribution >= 0.6 is 23.2 Å². The number of anilines is 2. The van der Waals surface area contributed by atoms with E-state index in [1.54, 1.807) is 24.3 Å². The fourth-order valence-corrected chi connectivity index (χ4v) is 4.57. The van der Waals surface area contributed by atoms with Crippen LogP contribution in [0.4, 0.5) is 11.5 Å². The number of nitrogens with two attached hydrogens (primary N) is 1. The van der Waals surface area contributed by atoms with Gasteiger partial charge in [-0.25, -0.2) is 0 Å². The van der Waals surface area contributed by atoms with Gasteiger partial charge in [-0.2, -0.15) is 0 Å². The lowest BCUT2D eigenvalue weighted by Gasteiger charge is -2.52. The minimum absolute atomic E-state index is 0.00488. The van der Waals surface area contributed by atoms with Gasteiger partial charge in [-0.15, -0.1) is 10.2 Å². The molecule has 176 valence electrons. The van der Waals surface area contributed by atoms with Crippen molar-refractivity contribution in [1.29, 1.82) is 5.41 Å². The fraction of sp³-hybridized carbons (Fsp3) is 0.304. The second-order valence-electron chi connectivity index (χ2n) is 8.39. The summed E-state index contributed by atoms with van der Waals surface area (Å²) < 4.78 is 11.4. The summed E-state index contributed by atoms with van der Waals surface area (Å²) in [6.45, 7) is 4.10. The van der Waals surface area contributed by atoms with E-state index in [4.69, 9.17) is 43.8 Å². The Morgan fingerprint density at radius 2 is 1.97 bits per heavy atom. The summed E-state index contributed by atoms with van der Waals surface area (Å²) in [6, 6.07) is 8.77. The highest BCUT2D eigenvalue weighted by atomic mass is 35.5. The molecule has 0 bridgehead atoms. The van der Waals surface area contributed by atoms with Crippen molar-refractivity contribution in [2.45, 2.75) is 12.1 Å². The molecule has 0 aliphatic carbocycles. The summed E-state index contributed by atoms with van der Waals surface area (Å²) in [5.41, 5.74) is 8.30. The zero-order valence-electron chi connectivity index (χ0n) is 18.2. The van der Waals surface area contributed by atoms with Crippen LogP contribution in [-0.4, -0.2) is 59.3 Å². The number of rotatable bonds is 6.